The minimum Gasteiger partial charge on any atom is -0.206 e. The Morgan fingerprint density at radius 1 is 1.41 bits per heavy atom. The van der Waals surface area contributed by atoms with Gasteiger partial charge in [-0.05, 0) is 34.1 Å². The number of nitrogens with one attached hydrogen (secondary N) is 1. The van der Waals surface area contributed by atoms with Crippen molar-refractivity contribution >= 4 is 60.2 Å². The molecule has 92 valence electrons. The molecular weight excluding hydrogens is 366 g/mol. The first-order valence-corrected chi connectivity index (χ1v) is 8.80. The van der Waals surface area contributed by atoms with Gasteiger partial charge in [0.05, 0.1) is 4.34 Å². The summed E-state index contributed by atoms with van der Waals surface area (Å²) in [7, 11) is -3.45. The van der Waals surface area contributed by atoms with Gasteiger partial charge in [-0.15, -0.1) is 22.7 Å². The van der Waals surface area contributed by atoms with E-state index >= 15 is 0 Å². The molecule has 1 N–H and O–H groups in total. The maximum Gasteiger partial charge on any atom is 0.250 e. The van der Waals surface area contributed by atoms with Crippen molar-refractivity contribution in [1.29, 1.82) is 0 Å². The Morgan fingerprint density at radius 3 is 2.71 bits per heavy atom. The predicted octanol–water partition coefficient (Wildman–Crippen LogP) is 3.70. The quantitative estimate of drug-likeness (QED) is 0.889. The molecule has 0 atom stereocenters. The van der Waals surface area contributed by atoms with Crippen LogP contribution in [0.2, 0.25) is 4.34 Å². The summed E-state index contributed by atoms with van der Waals surface area (Å²) in [6, 6.07) is 4.96. The summed E-state index contributed by atoms with van der Waals surface area (Å²) < 4.78 is 27.9. The molecule has 0 aliphatic rings. The molecule has 8 heteroatoms. The molecule has 0 radical (unpaired) electrons. The van der Waals surface area contributed by atoms with Crippen molar-refractivity contribution in [1.82, 2.24) is 4.72 Å². The van der Waals surface area contributed by atoms with Gasteiger partial charge in [0.1, 0.15) is 4.21 Å². The molecule has 0 aromatic carbocycles. The van der Waals surface area contributed by atoms with E-state index < -0.39 is 10.0 Å². The Morgan fingerprint density at radius 2 is 2.18 bits per heavy atom. The fourth-order valence-electron chi connectivity index (χ4n) is 1.13. The van der Waals surface area contributed by atoms with Crippen LogP contribution < -0.4 is 4.72 Å². The van der Waals surface area contributed by atoms with Gasteiger partial charge in [0.25, 0.3) is 0 Å². The van der Waals surface area contributed by atoms with Crippen LogP contribution in [0.15, 0.2) is 32.3 Å². The molecule has 0 fully saturated rings. The maximum absolute atomic E-state index is 11.9. The lowest BCUT2D eigenvalue weighted by molar-refractivity contribution is 0.584. The van der Waals surface area contributed by atoms with Crippen molar-refractivity contribution in [3.63, 3.8) is 0 Å². The van der Waals surface area contributed by atoms with Gasteiger partial charge in [0.2, 0.25) is 10.0 Å². The van der Waals surface area contributed by atoms with E-state index in [2.05, 4.69) is 20.7 Å². The highest BCUT2D eigenvalue weighted by atomic mass is 79.9. The molecule has 0 saturated heterocycles. The van der Waals surface area contributed by atoms with Crippen molar-refractivity contribution in [2.75, 3.05) is 0 Å². The summed E-state index contributed by atoms with van der Waals surface area (Å²) in [5.41, 5.74) is 0. The number of hydrogen-bond donors (Lipinski definition) is 1. The topological polar surface area (TPSA) is 46.2 Å². The number of sulfonamides is 1. The van der Waals surface area contributed by atoms with E-state index in [1.54, 1.807) is 6.07 Å². The summed E-state index contributed by atoms with van der Waals surface area (Å²) >= 11 is 11.6. The van der Waals surface area contributed by atoms with Crippen molar-refractivity contribution in [2.45, 2.75) is 10.8 Å². The molecule has 0 bridgehead atoms. The van der Waals surface area contributed by atoms with Crippen LogP contribution in [-0.4, -0.2) is 8.42 Å². The van der Waals surface area contributed by atoms with Crippen LogP contribution in [0.1, 0.15) is 4.88 Å². The fourth-order valence-corrected chi connectivity index (χ4v) is 5.14. The van der Waals surface area contributed by atoms with E-state index in [4.69, 9.17) is 11.6 Å². The highest BCUT2D eigenvalue weighted by Gasteiger charge is 2.16. The number of halogens is 2. The van der Waals surface area contributed by atoms with Crippen molar-refractivity contribution in [2.24, 2.45) is 0 Å². The second-order valence-corrected chi connectivity index (χ2v) is 8.73. The Hall–Kier alpha value is 0.0800. The van der Waals surface area contributed by atoms with Crippen LogP contribution in [0.4, 0.5) is 0 Å². The highest BCUT2D eigenvalue weighted by Crippen LogP contribution is 2.26. The molecule has 3 nitrogen and oxygen atoms in total. The zero-order valence-corrected chi connectivity index (χ0v) is 13.1. The Kier molecular flexibility index (Phi) is 4.27. The summed E-state index contributed by atoms with van der Waals surface area (Å²) in [6.07, 6.45) is 0. The predicted molar refractivity (Wildman–Crippen MR) is 75.4 cm³/mol. The SMILES string of the molecule is O=S(=O)(NCc1cc(Br)cs1)c1ccc(Cl)s1. The van der Waals surface area contributed by atoms with Crippen LogP contribution in [0.3, 0.4) is 0 Å². The van der Waals surface area contributed by atoms with Gasteiger partial charge in [-0.25, -0.2) is 13.1 Å². The smallest absolute Gasteiger partial charge is 0.206 e. The standard InChI is InChI=1S/C9H7BrClNO2S3/c10-6-3-7(15-5-6)4-12-17(13,14)9-2-1-8(11)16-9/h1-3,5,12H,4H2. The first-order valence-electron chi connectivity index (χ1n) is 4.45. The lowest BCUT2D eigenvalue weighted by atomic mass is 10.5. The van der Waals surface area contributed by atoms with Gasteiger partial charge < -0.3 is 0 Å². The van der Waals surface area contributed by atoms with E-state index in [1.807, 2.05) is 11.4 Å². The summed E-state index contributed by atoms with van der Waals surface area (Å²) in [6.45, 7) is 0.286. The van der Waals surface area contributed by atoms with E-state index in [0.29, 0.717) is 4.34 Å². The van der Waals surface area contributed by atoms with Gasteiger partial charge in [-0.1, -0.05) is 11.6 Å². The molecule has 2 rings (SSSR count). The van der Waals surface area contributed by atoms with Gasteiger partial charge in [0, 0.05) is 21.3 Å². The lowest BCUT2D eigenvalue weighted by Crippen LogP contribution is -2.21. The third-order valence-electron chi connectivity index (χ3n) is 1.87. The second-order valence-electron chi connectivity index (χ2n) is 3.11. The van der Waals surface area contributed by atoms with Gasteiger partial charge in [-0.3, -0.25) is 0 Å². The van der Waals surface area contributed by atoms with Gasteiger partial charge in [-0.2, -0.15) is 0 Å². The minimum absolute atomic E-state index is 0.234. The molecule has 17 heavy (non-hydrogen) atoms. The Bertz CT molecular complexity index is 620. The molecule has 0 aliphatic heterocycles. The normalized spacial score (nSPS) is 11.9. The Balaban J connectivity index is 2.08. The average Bonchev–Trinajstić information content (AvgIpc) is 2.85. The molecule has 2 aromatic heterocycles. The number of hydrogen-bond acceptors (Lipinski definition) is 4. The van der Waals surface area contributed by atoms with E-state index in [1.165, 1.54) is 17.4 Å². The van der Waals surface area contributed by atoms with E-state index in [0.717, 1.165) is 20.7 Å². The Labute approximate surface area is 121 Å². The summed E-state index contributed by atoms with van der Waals surface area (Å²) in [5.74, 6) is 0. The highest BCUT2D eigenvalue weighted by molar-refractivity contribution is 9.10. The molecule has 0 saturated carbocycles. The summed E-state index contributed by atoms with van der Waals surface area (Å²) in [4.78, 5) is 0.947. The molecule has 2 aromatic rings. The molecule has 2 heterocycles. The van der Waals surface area contributed by atoms with Gasteiger partial charge >= 0.3 is 0 Å². The molecule has 0 amide bonds. The first-order chi connectivity index (χ1) is 7.97. The number of rotatable bonds is 4. The van der Waals surface area contributed by atoms with Crippen LogP contribution >= 0.6 is 50.2 Å². The third-order valence-corrected chi connectivity index (χ3v) is 6.69. The van der Waals surface area contributed by atoms with Crippen LogP contribution in [0.5, 0.6) is 0 Å². The van der Waals surface area contributed by atoms with Gasteiger partial charge in [0.15, 0.2) is 0 Å². The van der Waals surface area contributed by atoms with Crippen LogP contribution in [0, 0.1) is 0 Å². The van der Waals surface area contributed by atoms with Crippen molar-refractivity contribution in [3.05, 3.63) is 37.3 Å². The number of thiophene rings is 2. The first kappa shape index (κ1) is 13.5. The molecular formula is C9H7BrClNO2S3. The largest absolute Gasteiger partial charge is 0.250 e. The van der Waals surface area contributed by atoms with E-state index in [-0.39, 0.29) is 10.8 Å². The maximum atomic E-state index is 11.9. The lowest BCUT2D eigenvalue weighted by Gasteiger charge is -2.02. The molecule has 0 unspecified atom stereocenters. The zero-order valence-electron chi connectivity index (χ0n) is 8.31. The zero-order chi connectivity index (χ0) is 12.5. The minimum atomic E-state index is -3.45. The second kappa shape index (κ2) is 5.38. The molecule has 0 aliphatic carbocycles. The molecule has 0 spiro atoms. The average molecular weight is 373 g/mol. The fraction of sp³-hybridized carbons (Fsp3) is 0.111. The van der Waals surface area contributed by atoms with Crippen molar-refractivity contribution in [3.8, 4) is 0 Å². The third kappa shape index (κ3) is 3.52. The van der Waals surface area contributed by atoms with Crippen LogP contribution in [-0.2, 0) is 16.6 Å². The summed E-state index contributed by atoms with van der Waals surface area (Å²) in [5, 5.41) is 1.91. The monoisotopic (exact) mass is 371 g/mol. The van der Waals surface area contributed by atoms with Crippen molar-refractivity contribution < 1.29 is 8.42 Å². The van der Waals surface area contributed by atoms with E-state index in [9.17, 15) is 8.42 Å². The van der Waals surface area contributed by atoms with Crippen LogP contribution in [0.25, 0.3) is 0 Å².